The van der Waals surface area contributed by atoms with E-state index in [0.717, 1.165) is 35.1 Å². The molecule has 3 heteroatoms. The highest BCUT2D eigenvalue weighted by molar-refractivity contribution is 5.65. The minimum absolute atomic E-state index is 0.269. The fourth-order valence-electron chi connectivity index (χ4n) is 1.65. The topological polar surface area (TPSA) is 35.5 Å². The molecular formula is C19H26O3. The SMILES string of the molecule is C=C(C)/C=C(/CCCOC(C)=O)C(=C)C(=C)/C=C\C(=C)OC. The van der Waals surface area contributed by atoms with E-state index in [2.05, 4.69) is 26.3 Å². The Labute approximate surface area is 134 Å². The summed E-state index contributed by atoms with van der Waals surface area (Å²) >= 11 is 0. The normalized spacial score (nSPS) is 11.1. The third-order valence-corrected chi connectivity index (χ3v) is 2.82. The molecule has 3 nitrogen and oxygen atoms in total. The highest BCUT2D eigenvalue weighted by Crippen LogP contribution is 2.23. The molecule has 0 fully saturated rings. The standard InChI is InChI=1S/C19H26O3/c1-14(2)13-19(9-8-12-22-18(6)20)17(5)15(3)10-11-16(4)21-7/h10-11,13H,1,3-5,8-9,12H2,2,6-7H3/b11-10-,19-13-. The van der Waals surface area contributed by atoms with E-state index in [-0.39, 0.29) is 5.97 Å². The third kappa shape index (κ3) is 8.80. The monoisotopic (exact) mass is 302 g/mol. The van der Waals surface area contributed by atoms with Crippen LogP contribution in [-0.2, 0) is 14.3 Å². The molecule has 0 heterocycles. The van der Waals surface area contributed by atoms with E-state index in [4.69, 9.17) is 9.47 Å². The molecule has 0 amide bonds. The van der Waals surface area contributed by atoms with Crippen molar-refractivity contribution in [2.24, 2.45) is 0 Å². The fraction of sp³-hybridized carbons (Fsp3) is 0.316. The van der Waals surface area contributed by atoms with Crippen molar-refractivity contribution in [2.75, 3.05) is 13.7 Å². The summed E-state index contributed by atoms with van der Waals surface area (Å²) in [7, 11) is 1.56. The second kappa shape index (κ2) is 10.4. The Morgan fingerprint density at radius 3 is 2.23 bits per heavy atom. The lowest BCUT2D eigenvalue weighted by molar-refractivity contribution is -0.141. The molecule has 22 heavy (non-hydrogen) atoms. The maximum Gasteiger partial charge on any atom is 0.302 e. The molecule has 0 saturated heterocycles. The molecule has 0 aliphatic heterocycles. The van der Waals surface area contributed by atoms with E-state index in [1.165, 1.54) is 6.92 Å². The summed E-state index contributed by atoms with van der Waals surface area (Å²) in [6.45, 7) is 19.4. The Morgan fingerprint density at radius 2 is 1.73 bits per heavy atom. The van der Waals surface area contributed by atoms with Crippen LogP contribution in [0.5, 0.6) is 0 Å². The number of carbonyl (C=O) groups excluding carboxylic acids is 1. The van der Waals surface area contributed by atoms with Crippen LogP contribution in [0.2, 0.25) is 0 Å². The van der Waals surface area contributed by atoms with Crippen molar-refractivity contribution in [1.82, 2.24) is 0 Å². The molecular weight excluding hydrogens is 276 g/mol. The number of hydrogen-bond acceptors (Lipinski definition) is 3. The summed E-state index contributed by atoms with van der Waals surface area (Å²) in [5, 5.41) is 0. The summed E-state index contributed by atoms with van der Waals surface area (Å²) in [4.78, 5) is 10.8. The molecule has 0 radical (unpaired) electrons. The van der Waals surface area contributed by atoms with Crippen molar-refractivity contribution in [3.63, 3.8) is 0 Å². The summed E-state index contributed by atoms with van der Waals surface area (Å²) < 4.78 is 9.93. The zero-order valence-electron chi connectivity index (χ0n) is 13.9. The number of ether oxygens (including phenoxy) is 2. The van der Waals surface area contributed by atoms with Gasteiger partial charge in [0.2, 0.25) is 0 Å². The van der Waals surface area contributed by atoms with E-state index < -0.39 is 0 Å². The van der Waals surface area contributed by atoms with Gasteiger partial charge in [-0.15, -0.1) is 0 Å². The van der Waals surface area contributed by atoms with Gasteiger partial charge in [0.15, 0.2) is 0 Å². The summed E-state index contributed by atoms with van der Waals surface area (Å²) in [6.07, 6.45) is 6.98. The number of carbonyl (C=O) groups is 1. The van der Waals surface area contributed by atoms with Gasteiger partial charge in [0.25, 0.3) is 0 Å². The molecule has 0 rings (SSSR count). The number of rotatable bonds is 10. The molecule has 0 N–H and O–H groups in total. The Morgan fingerprint density at radius 1 is 1.09 bits per heavy atom. The lowest BCUT2D eigenvalue weighted by atomic mass is 9.95. The molecule has 0 saturated carbocycles. The predicted molar refractivity (Wildman–Crippen MR) is 92.3 cm³/mol. The van der Waals surface area contributed by atoms with E-state index in [9.17, 15) is 4.79 Å². The lowest BCUT2D eigenvalue weighted by Crippen LogP contribution is -2.01. The summed E-state index contributed by atoms with van der Waals surface area (Å²) in [5.74, 6) is 0.281. The van der Waals surface area contributed by atoms with Crippen LogP contribution in [0.1, 0.15) is 26.7 Å². The molecule has 0 atom stereocenters. The van der Waals surface area contributed by atoms with Gasteiger partial charge in [-0.05, 0) is 42.6 Å². The smallest absolute Gasteiger partial charge is 0.302 e. The quantitative estimate of drug-likeness (QED) is 0.255. The average molecular weight is 302 g/mol. The van der Waals surface area contributed by atoms with E-state index >= 15 is 0 Å². The second-order valence-corrected chi connectivity index (χ2v) is 4.97. The first kappa shape index (κ1) is 19.7. The maximum atomic E-state index is 10.8. The molecule has 0 aliphatic carbocycles. The van der Waals surface area contributed by atoms with Crippen molar-refractivity contribution in [3.8, 4) is 0 Å². The molecule has 0 spiro atoms. The first-order valence-corrected chi connectivity index (χ1v) is 7.07. The van der Waals surface area contributed by atoms with E-state index in [1.54, 1.807) is 13.2 Å². The first-order chi connectivity index (χ1) is 10.3. The number of methoxy groups -OCH3 is 1. The van der Waals surface area contributed by atoms with Gasteiger partial charge in [-0.1, -0.05) is 44.0 Å². The zero-order valence-corrected chi connectivity index (χ0v) is 13.9. The zero-order chi connectivity index (χ0) is 17.1. The van der Waals surface area contributed by atoms with Crippen LogP contribution >= 0.6 is 0 Å². The minimum Gasteiger partial charge on any atom is -0.497 e. The van der Waals surface area contributed by atoms with Gasteiger partial charge in [0.1, 0.15) is 5.76 Å². The number of esters is 1. The molecule has 0 aliphatic rings. The van der Waals surface area contributed by atoms with Crippen LogP contribution < -0.4 is 0 Å². The number of allylic oxidation sites excluding steroid dienone is 7. The molecule has 0 aromatic heterocycles. The predicted octanol–water partition coefficient (Wildman–Crippen LogP) is 4.66. The van der Waals surface area contributed by atoms with Gasteiger partial charge >= 0.3 is 5.97 Å². The maximum absolute atomic E-state index is 10.8. The van der Waals surface area contributed by atoms with E-state index in [0.29, 0.717) is 12.4 Å². The highest BCUT2D eigenvalue weighted by atomic mass is 16.5. The van der Waals surface area contributed by atoms with Gasteiger partial charge in [0, 0.05) is 6.92 Å². The summed E-state index contributed by atoms with van der Waals surface area (Å²) in [5.41, 5.74) is 3.56. The van der Waals surface area contributed by atoms with E-state index in [1.807, 2.05) is 19.1 Å². The van der Waals surface area contributed by atoms with Gasteiger partial charge in [-0.25, -0.2) is 0 Å². The number of hydrogen-bond donors (Lipinski definition) is 0. The highest BCUT2D eigenvalue weighted by Gasteiger charge is 2.06. The second-order valence-electron chi connectivity index (χ2n) is 4.97. The van der Waals surface area contributed by atoms with Gasteiger partial charge in [-0.3, -0.25) is 4.79 Å². The van der Waals surface area contributed by atoms with Crippen LogP contribution in [-0.4, -0.2) is 19.7 Å². The largest absolute Gasteiger partial charge is 0.497 e. The Kier molecular flexibility index (Phi) is 9.35. The van der Waals surface area contributed by atoms with Crippen molar-refractivity contribution in [3.05, 3.63) is 72.6 Å². The molecule has 0 unspecified atom stereocenters. The van der Waals surface area contributed by atoms with Crippen LogP contribution in [0.4, 0.5) is 0 Å². The van der Waals surface area contributed by atoms with Crippen molar-refractivity contribution in [1.29, 1.82) is 0 Å². The Balaban J connectivity index is 4.81. The van der Waals surface area contributed by atoms with Crippen LogP contribution in [0.3, 0.4) is 0 Å². The van der Waals surface area contributed by atoms with Crippen molar-refractivity contribution in [2.45, 2.75) is 26.7 Å². The minimum atomic E-state index is -0.269. The first-order valence-electron chi connectivity index (χ1n) is 7.07. The van der Waals surface area contributed by atoms with Gasteiger partial charge in [0.05, 0.1) is 13.7 Å². The van der Waals surface area contributed by atoms with Crippen LogP contribution in [0, 0.1) is 0 Å². The summed E-state index contributed by atoms with van der Waals surface area (Å²) in [6, 6.07) is 0. The fourth-order valence-corrected chi connectivity index (χ4v) is 1.65. The lowest BCUT2D eigenvalue weighted by Gasteiger charge is -2.12. The molecule has 0 aromatic rings. The molecule has 0 aromatic carbocycles. The Hall–Kier alpha value is -2.29. The average Bonchev–Trinajstić information content (AvgIpc) is 2.45. The molecule has 120 valence electrons. The van der Waals surface area contributed by atoms with Crippen molar-refractivity contribution >= 4 is 5.97 Å². The van der Waals surface area contributed by atoms with Gasteiger partial charge in [-0.2, -0.15) is 0 Å². The van der Waals surface area contributed by atoms with Crippen molar-refractivity contribution < 1.29 is 14.3 Å². The van der Waals surface area contributed by atoms with Gasteiger partial charge < -0.3 is 9.47 Å². The van der Waals surface area contributed by atoms with Crippen LogP contribution in [0.15, 0.2) is 72.6 Å². The van der Waals surface area contributed by atoms with Crippen LogP contribution in [0.25, 0.3) is 0 Å². The molecule has 0 bridgehead atoms. The Bertz CT molecular complexity index is 519. The third-order valence-electron chi connectivity index (χ3n) is 2.82.